The van der Waals surface area contributed by atoms with Gasteiger partial charge in [-0.1, -0.05) is 23.5 Å². The van der Waals surface area contributed by atoms with Gasteiger partial charge in [-0.25, -0.2) is 8.42 Å². The lowest BCUT2D eigenvalue weighted by molar-refractivity contribution is 0.600. The third-order valence-corrected chi connectivity index (χ3v) is 5.51. The van der Waals surface area contributed by atoms with Crippen molar-refractivity contribution in [1.29, 1.82) is 0 Å². The Labute approximate surface area is 127 Å². The number of sulfonamides is 1. The Kier molecular flexibility index (Phi) is 3.92. The lowest BCUT2D eigenvalue weighted by Gasteiger charge is -2.10. The fourth-order valence-electron chi connectivity index (χ4n) is 1.98. The number of nitrogens with one attached hydrogen (secondary N) is 2. The Morgan fingerprint density at radius 3 is 2.86 bits per heavy atom. The second kappa shape index (κ2) is 5.70. The van der Waals surface area contributed by atoms with Crippen LogP contribution < -0.4 is 10.0 Å². The van der Waals surface area contributed by atoms with E-state index in [1.807, 2.05) is 12.1 Å². The summed E-state index contributed by atoms with van der Waals surface area (Å²) in [7, 11) is -3.63. The standard InChI is InChI=1S/C13H16N4O2S2/c1-9-2-3-10(7-14-11-4-5-11)6-12(9)21(18,19)17-13-16-15-8-20-13/h2-3,6,8,11,14H,4-5,7H2,1H3,(H,16,17). The van der Waals surface area contributed by atoms with Gasteiger partial charge in [-0.2, -0.15) is 0 Å². The topological polar surface area (TPSA) is 84.0 Å². The zero-order chi connectivity index (χ0) is 14.9. The molecule has 1 aliphatic rings. The molecule has 21 heavy (non-hydrogen) atoms. The van der Waals surface area contributed by atoms with Crippen molar-refractivity contribution in [3.05, 3.63) is 34.8 Å². The zero-order valence-electron chi connectivity index (χ0n) is 11.5. The van der Waals surface area contributed by atoms with Gasteiger partial charge in [0.15, 0.2) is 0 Å². The average Bonchev–Trinajstić information content (AvgIpc) is 3.14. The van der Waals surface area contributed by atoms with Crippen LogP contribution in [0.5, 0.6) is 0 Å². The highest BCUT2D eigenvalue weighted by Crippen LogP contribution is 2.23. The molecule has 1 aromatic heterocycles. The van der Waals surface area contributed by atoms with Crippen molar-refractivity contribution < 1.29 is 8.42 Å². The second-order valence-electron chi connectivity index (χ2n) is 5.10. The van der Waals surface area contributed by atoms with Gasteiger partial charge in [0.2, 0.25) is 5.13 Å². The van der Waals surface area contributed by atoms with Crippen molar-refractivity contribution in [1.82, 2.24) is 15.5 Å². The minimum absolute atomic E-state index is 0.274. The van der Waals surface area contributed by atoms with Crippen LogP contribution in [-0.2, 0) is 16.6 Å². The molecule has 2 aromatic rings. The average molecular weight is 324 g/mol. The third-order valence-electron chi connectivity index (χ3n) is 3.30. The molecule has 0 amide bonds. The highest BCUT2D eigenvalue weighted by atomic mass is 32.2. The molecule has 1 saturated carbocycles. The number of nitrogens with zero attached hydrogens (tertiary/aromatic N) is 2. The van der Waals surface area contributed by atoms with E-state index < -0.39 is 10.0 Å². The highest BCUT2D eigenvalue weighted by molar-refractivity contribution is 7.93. The Morgan fingerprint density at radius 1 is 1.38 bits per heavy atom. The first-order valence-electron chi connectivity index (χ1n) is 6.66. The van der Waals surface area contributed by atoms with Crippen LogP contribution in [0.4, 0.5) is 5.13 Å². The molecule has 0 spiro atoms. The quantitative estimate of drug-likeness (QED) is 0.848. The minimum Gasteiger partial charge on any atom is -0.310 e. The molecular weight excluding hydrogens is 308 g/mol. The largest absolute Gasteiger partial charge is 0.310 e. The first-order chi connectivity index (χ1) is 10.0. The number of aromatic nitrogens is 2. The summed E-state index contributed by atoms with van der Waals surface area (Å²) in [6, 6.07) is 6.09. The summed E-state index contributed by atoms with van der Waals surface area (Å²) in [4.78, 5) is 0.285. The van der Waals surface area contributed by atoms with Gasteiger partial charge in [-0.15, -0.1) is 10.2 Å². The van der Waals surface area contributed by atoms with E-state index in [9.17, 15) is 8.42 Å². The van der Waals surface area contributed by atoms with Crippen LogP contribution in [0.15, 0.2) is 28.6 Å². The van der Waals surface area contributed by atoms with E-state index in [4.69, 9.17) is 0 Å². The predicted octanol–water partition coefficient (Wildman–Crippen LogP) is 1.90. The van der Waals surface area contributed by atoms with Crippen molar-refractivity contribution >= 4 is 26.5 Å². The monoisotopic (exact) mass is 324 g/mol. The second-order valence-corrected chi connectivity index (χ2v) is 7.59. The molecule has 1 aromatic carbocycles. The van der Waals surface area contributed by atoms with Crippen LogP contribution in [0, 0.1) is 6.92 Å². The molecule has 1 heterocycles. The molecule has 0 atom stereocenters. The first-order valence-corrected chi connectivity index (χ1v) is 9.03. The number of anilines is 1. The molecule has 2 N–H and O–H groups in total. The molecule has 3 rings (SSSR count). The van der Waals surface area contributed by atoms with Gasteiger partial charge in [-0.05, 0) is 37.0 Å². The van der Waals surface area contributed by atoms with Crippen LogP contribution in [0.3, 0.4) is 0 Å². The molecule has 112 valence electrons. The van der Waals surface area contributed by atoms with E-state index in [1.165, 1.54) is 18.4 Å². The molecule has 0 unspecified atom stereocenters. The zero-order valence-corrected chi connectivity index (χ0v) is 13.2. The number of hydrogen-bond donors (Lipinski definition) is 2. The van der Waals surface area contributed by atoms with Crippen LogP contribution in [0.1, 0.15) is 24.0 Å². The number of rotatable bonds is 6. The molecule has 6 nitrogen and oxygen atoms in total. The van der Waals surface area contributed by atoms with Crippen molar-refractivity contribution in [3.8, 4) is 0 Å². The maximum Gasteiger partial charge on any atom is 0.263 e. The maximum absolute atomic E-state index is 12.4. The first kappa shape index (κ1) is 14.4. The van der Waals surface area contributed by atoms with E-state index in [1.54, 1.807) is 13.0 Å². The molecule has 0 bridgehead atoms. The van der Waals surface area contributed by atoms with Gasteiger partial charge in [0.1, 0.15) is 5.51 Å². The van der Waals surface area contributed by atoms with E-state index in [0.29, 0.717) is 18.2 Å². The fraction of sp³-hybridized carbons (Fsp3) is 0.385. The van der Waals surface area contributed by atoms with Gasteiger partial charge in [-0.3, -0.25) is 4.72 Å². The Morgan fingerprint density at radius 2 is 2.19 bits per heavy atom. The van der Waals surface area contributed by atoms with Crippen LogP contribution in [0.2, 0.25) is 0 Å². The molecular formula is C13H16N4O2S2. The maximum atomic E-state index is 12.4. The number of hydrogen-bond acceptors (Lipinski definition) is 6. The van der Waals surface area contributed by atoms with E-state index in [-0.39, 0.29) is 10.0 Å². The van der Waals surface area contributed by atoms with Crippen LogP contribution in [-0.4, -0.2) is 24.7 Å². The summed E-state index contributed by atoms with van der Waals surface area (Å²) in [6.45, 7) is 2.47. The smallest absolute Gasteiger partial charge is 0.263 e. The number of aryl methyl sites for hydroxylation is 1. The summed E-state index contributed by atoms with van der Waals surface area (Å²) in [5, 5.41) is 11.0. The molecule has 1 fully saturated rings. The minimum atomic E-state index is -3.63. The SMILES string of the molecule is Cc1ccc(CNC2CC2)cc1S(=O)(=O)Nc1nncs1. The molecule has 0 aliphatic heterocycles. The van der Waals surface area contributed by atoms with Crippen LogP contribution >= 0.6 is 11.3 Å². The van der Waals surface area contributed by atoms with Crippen LogP contribution in [0.25, 0.3) is 0 Å². The molecule has 8 heteroatoms. The molecule has 0 radical (unpaired) electrons. The van der Waals surface area contributed by atoms with E-state index in [2.05, 4.69) is 20.2 Å². The summed E-state index contributed by atoms with van der Waals surface area (Å²) in [5.41, 5.74) is 3.16. The van der Waals surface area contributed by atoms with Gasteiger partial charge >= 0.3 is 0 Å². The van der Waals surface area contributed by atoms with Crippen molar-refractivity contribution in [2.24, 2.45) is 0 Å². The van der Waals surface area contributed by atoms with Gasteiger partial charge in [0, 0.05) is 12.6 Å². The predicted molar refractivity (Wildman–Crippen MR) is 81.8 cm³/mol. The Bertz CT molecular complexity index is 725. The Hall–Kier alpha value is -1.51. The molecule has 0 saturated heterocycles. The van der Waals surface area contributed by atoms with Gasteiger partial charge < -0.3 is 5.32 Å². The fourth-order valence-corrected chi connectivity index (χ4v) is 3.97. The lowest BCUT2D eigenvalue weighted by Crippen LogP contribution is -2.17. The highest BCUT2D eigenvalue weighted by Gasteiger charge is 2.21. The summed E-state index contributed by atoms with van der Waals surface area (Å²) in [5.74, 6) is 0. The summed E-state index contributed by atoms with van der Waals surface area (Å²) in [6.07, 6.45) is 2.41. The lowest BCUT2D eigenvalue weighted by atomic mass is 10.1. The summed E-state index contributed by atoms with van der Waals surface area (Å²) < 4.78 is 27.3. The molecule has 1 aliphatic carbocycles. The van der Waals surface area contributed by atoms with Gasteiger partial charge in [0.05, 0.1) is 4.90 Å². The van der Waals surface area contributed by atoms with Crippen molar-refractivity contribution in [2.45, 2.75) is 37.2 Å². The third kappa shape index (κ3) is 3.58. The van der Waals surface area contributed by atoms with Crippen molar-refractivity contribution in [3.63, 3.8) is 0 Å². The van der Waals surface area contributed by atoms with Gasteiger partial charge in [0.25, 0.3) is 10.0 Å². The normalized spacial score (nSPS) is 15.1. The summed E-state index contributed by atoms with van der Waals surface area (Å²) >= 11 is 1.15. The Balaban J connectivity index is 1.83. The van der Waals surface area contributed by atoms with E-state index in [0.717, 1.165) is 16.9 Å². The van der Waals surface area contributed by atoms with Crippen molar-refractivity contribution in [2.75, 3.05) is 4.72 Å². The number of benzene rings is 1. The van der Waals surface area contributed by atoms with E-state index >= 15 is 0 Å².